The number of nitrogens with zero attached hydrogens (tertiary/aromatic N) is 3. The van der Waals surface area contributed by atoms with Crippen LogP contribution in [0.5, 0.6) is 5.75 Å². The molecular formula is C13H12N4O2. The lowest BCUT2D eigenvalue weighted by atomic mass is 10.3. The summed E-state index contributed by atoms with van der Waals surface area (Å²) in [5, 5.41) is 11.2. The summed E-state index contributed by atoms with van der Waals surface area (Å²) >= 11 is 0. The molecule has 0 spiro atoms. The summed E-state index contributed by atoms with van der Waals surface area (Å²) in [7, 11) is 1.79. The Kier molecular flexibility index (Phi) is 3.78. The maximum atomic E-state index is 11.9. The summed E-state index contributed by atoms with van der Waals surface area (Å²) in [6, 6.07) is 8.81. The Balaban J connectivity index is 2.14. The standard InChI is InChI=1S/C13H12N4O2/c1-17-8-11(15-9-17)13(18)16-10-4-2-3-5-12(10)19-7-6-14/h2-5,8-9H,7H2,1H3,(H,16,18). The van der Waals surface area contributed by atoms with E-state index in [0.29, 0.717) is 17.1 Å². The van der Waals surface area contributed by atoms with E-state index in [1.807, 2.05) is 6.07 Å². The third-order valence-corrected chi connectivity index (χ3v) is 2.36. The first-order valence-corrected chi connectivity index (χ1v) is 5.59. The van der Waals surface area contributed by atoms with E-state index in [-0.39, 0.29) is 12.5 Å². The molecule has 0 saturated heterocycles. The van der Waals surface area contributed by atoms with Crippen LogP contribution in [0.25, 0.3) is 0 Å². The van der Waals surface area contributed by atoms with E-state index in [1.54, 1.807) is 48.4 Å². The van der Waals surface area contributed by atoms with Crippen LogP contribution in [0.2, 0.25) is 0 Å². The molecule has 2 rings (SSSR count). The van der Waals surface area contributed by atoms with Gasteiger partial charge in [-0.3, -0.25) is 4.79 Å². The maximum Gasteiger partial charge on any atom is 0.275 e. The highest BCUT2D eigenvalue weighted by atomic mass is 16.5. The molecule has 96 valence electrons. The van der Waals surface area contributed by atoms with E-state index in [4.69, 9.17) is 10.00 Å². The van der Waals surface area contributed by atoms with Crippen molar-refractivity contribution >= 4 is 11.6 Å². The first kappa shape index (κ1) is 12.6. The molecule has 0 fully saturated rings. The number of aromatic nitrogens is 2. The molecule has 0 saturated carbocycles. The SMILES string of the molecule is Cn1cnc(C(=O)Nc2ccccc2OCC#N)c1. The number of carbonyl (C=O) groups is 1. The lowest BCUT2D eigenvalue weighted by molar-refractivity contribution is 0.102. The van der Waals surface area contributed by atoms with Crippen LogP contribution in [-0.2, 0) is 7.05 Å². The largest absolute Gasteiger partial charge is 0.477 e. The van der Waals surface area contributed by atoms with Crippen molar-refractivity contribution < 1.29 is 9.53 Å². The second-order valence-electron chi connectivity index (χ2n) is 3.82. The lowest BCUT2D eigenvalue weighted by Gasteiger charge is -2.09. The second kappa shape index (κ2) is 5.69. The number of hydrogen-bond donors (Lipinski definition) is 1. The van der Waals surface area contributed by atoms with E-state index in [0.717, 1.165) is 0 Å². The fourth-order valence-corrected chi connectivity index (χ4v) is 1.52. The van der Waals surface area contributed by atoms with Gasteiger partial charge in [0.05, 0.1) is 12.0 Å². The van der Waals surface area contributed by atoms with Gasteiger partial charge in [0.25, 0.3) is 5.91 Å². The number of hydrogen-bond acceptors (Lipinski definition) is 4. The van der Waals surface area contributed by atoms with Gasteiger partial charge in [0.1, 0.15) is 17.5 Å². The predicted molar refractivity (Wildman–Crippen MR) is 68.7 cm³/mol. The molecule has 1 aromatic carbocycles. The van der Waals surface area contributed by atoms with Crippen LogP contribution >= 0.6 is 0 Å². The number of ether oxygens (including phenoxy) is 1. The van der Waals surface area contributed by atoms with Crippen molar-refractivity contribution in [2.45, 2.75) is 0 Å². The van der Waals surface area contributed by atoms with E-state index in [2.05, 4.69) is 10.3 Å². The topological polar surface area (TPSA) is 79.9 Å². The number of aryl methyl sites for hydroxylation is 1. The Morgan fingerprint density at radius 3 is 3.00 bits per heavy atom. The van der Waals surface area contributed by atoms with Crippen LogP contribution in [0.3, 0.4) is 0 Å². The molecule has 6 nitrogen and oxygen atoms in total. The number of imidazole rings is 1. The Hall–Kier alpha value is -2.81. The smallest absolute Gasteiger partial charge is 0.275 e. The fraction of sp³-hybridized carbons (Fsp3) is 0.154. The average molecular weight is 256 g/mol. The predicted octanol–water partition coefficient (Wildman–Crippen LogP) is 1.57. The van der Waals surface area contributed by atoms with Gasteiger partial charge < -0.3 is 14.6 Å². The van der Waals surface area contributed by atoms with Gasteiger partial charge in [-0.15, -0.1) is 0 Å². The molecular weight excluding hydrogens is 244 g/mol. The second-order valence-corrected chi connectivity index (χ2v) is 3.82. The Morgan fingerprint density at radius 1 is 1.53 bits per heavy atom. The van der Waals surface area contributed by atoms with Gasteiger partial charge in [-0.25, -0.2) is 4.98 Å². The van der Waals surface area contributed by atoms with Crippen LogP contribution in [0.15, 0.2) is 36.8 Å². The Labute approximate surface area is 110 Å². The minimum absolute atomic E-state index is 0.0729. The van der Waals surface area contributed by atoms with E-state index >= 15 is 0 Å². The van der Waals surface area contributed by atoms with Gasteiger partial charge in [-0.2, -0.15) is 5.26 Å². The molecule has 0 aliphatic rings. The highest BCUT2D eigenvalue weighted by Crippen LogP contribution is 2.23. The van der Waals surface area contributed by atoms with Crippen molar-refractivity contribution in [3.8, 4) is 11.8 Å². The zero-order chi connectivity index (χ0) is 13.7. The number of nitriles is 1. The van der Waals surface area contributed by atoms with Gasteiger partial charge in [0, 0.05) is 13.2 Å². The number of benzene rings is 1. The first-order chi connectivity index (χ1) is 9.20. The summed E-state index contributed by atoms with van der Waals surface area (Å²) in [5.41, 5.74) is 0.825. The van der Waals surface area contributed by atoms with Crippen molar-refractivity contribution in [1.82, 2.24) is 9.55 Å². The van der Waals surface area contributed by atoms with Gasteiger partial charge >= 0.3 is 0 Å². The van der Waals surface area contributed by atoms with Gasteiger partial charge in [0.2, 0.25) is 0 Å². The third-order valence-electron chi connectivity index (χ3n) is 2.36. The number of para-hydroxylation sites is 2. The van der Waals surface area contributed by atoms with Crippen molar-refractivity contribution in [2.75, 3.05) is 11.9 Å². The zero-order valence-electron chi connectivity index (χ0n) is 10.3. The summed E-state index contributed by atoms with van der Waals surface area (Å²) in [6.45, 7) is -0.0729. The number of anilines is 1. The van der Waals surface area contributed by atoms with Gasteiger partial charge in [-0.05, 0) is 12.1 Å². The molecule has 0 radical (unpaired) electrons. The van der Waals surface area contributed by atoms with E-state index in [9.17, 15) is 4.79 Å². The van der Waals surface area contributed by atoms with Crippen LogP contribution in [0.1, 0.15) is 10.5 Å². The molecule has 1 N–H and O–H groups in total. The van der Waals surface area contributed by atoms with Gasteiger partial charge in [0.15, 0.2) is 6.61 Å². The molecule has 0 aliphatic heterocycles. The molecule has 19 heavy (non-hydrogen) atoms. The zero-order valence-corrected chi connectivity index (χ0v) is 10.3. The van der Waals surface area contributed by atoms with E-state index in [1.165, 1.54) is 0 Å². The highest BCUT2D eigenvalue weighted by molar-refractivity contribution is 6.03. The summed E-state index contributed by atoms with van der Waals surface area (Å²) in [5.74, 6) is 0.127. The molecule has 1 heterocycles. The Morgan fingerprint density at radius 2 is 2.32 bits per heavy atom. The highest BCUT2D eigenvalue weighted by Gasteiger charge is 2.11. The minimum Gasteiger partial charge on any atom is -0.477 e. The van der Waals surface area contributed by atoms with Crippen LogP contribution < -0.4 is 10.1 Å². The van der Waals surface area contributed by atoms with Crippen molar-refractivity contribution in [2.24, 2.45) is 7.05 Å². The molecule has 0 unspecified atom stereocenters. The maximum absolute atomic E-state index is 11.9. The van der Waals surface area contributed by atoms with Crippen molar-refractivity contribution in [3.63, 3.8) is 0 Å². The van der Waals surface area contributed by atoms with Crippen molar-refractivity contribution in [1.29, 1.82) is 5.26 Å². The third kappa shape index (κ3) is 3.10. The lowest BCUT2D eigenvalue weighted by Crippen LogP contribution is -2.13. The molecule has 1 aromatic heterocycles. The fourth-order valence-electron chi connectivity index (χ4n) is 1.52. The van der Waals surface area contributed by atoms with Crippen LogP contribution in [0, 0.1) is 11.3 Å². The molecule has 2 aromatic rings. The van der Waals surface area contributed by atoms with Crippen molar-refractivity contribution in [3.05, 3.63) is 42.5 Å². The van der Waals surface area contributed by atoms with Crippen LogP contribution in [0.4, 0.5) is 5.69 Å². The Bertz CT molecular complexity index is 628. The molecule has 0 bridgehead atoms. The molecule has 0 aliphatic carbocycles. The molecule has 0 atom stereocenters. The number of nitrogens with one attached hydrogen (secondary N) is 1. The van der Waals surface area contributed by atoms with Crippen LogP contribution in [-0.4, -0.2) is 22.1 Å². The average Bonchev–Trinajstić information content (AvgIpc) is 2.84. The number of amides is 1. The van der Waals surface area contributed by atoms with E-state index < -0.39 is 0 Å². The molecule has 1 amide bonds. The number of carbonyl (C=O) groups excluding carboxylic acids is 1. The molecule has 6 heteroatoms. The first-order valence-electron chi connectivity index (χ1n) is 5.59. The quantitative estimate of drug-likeness (QED) is 0.900. The monoisotopic (exact) mass is 256 g/mol. The normalized spacial score (nSPS) is 9.68. The number of rotatable bonds is 4. The minimum atomic E-state index is -0.325. The summed E-state index contributed by atoms with van der Waals surface area (Å²) in [6.07, 6.45) is 3.17. The summed E-state index contributed by atoms with van der Waals surface area (Å²) < 4.78 is 6.91. The summed E-state index contributed by atoms with van der Waals surface area (Å²) in [4.78, 5) is 15.9. The van der Waals surface area contributed by atoms with Gasteiger partial charge in [-0.1, -0.05) is 12.1 Å².